The first-order chi connectivity index (χ1) is 26.8. The normalized spacial score (nSPS) is 20.9. The van der Waals surface area contributed by atoms with Crippen LogP contribution in [-0.2, 0) is 37.0 Å². The first-order valence-corrected chi connectivity index (χ1v) is 19.0. The fourth-order valence-electron chi connectivity index (χ4n) is 7.84. The number of anilines is 1. The molecule has 0 aromatic heterocycles. The van der Waals surface area contributed by atoms with Crippen molar-refractivity contribution in [2.75, 3.05) is 44.4 Å². The molecule has 1 spiro atoms. The summed E-state index contributed by atoms with van der Waals surface area (Å²) in [5.74, 6) is -0.389. The van der Waals surface area contributed by atoms with Gasteiger partial charge in [0.1, 0.15) is 12.1 Å². The average Bonchev–Trinajstić information content (AvgIpc) is 3.54. The summed E-state index contributed by atoms with van der Waals surface area (Å²) in [5.41, 5.74) is 6.12. The van der Waals surface area contributed by atoms with Crippen molar-refractivity contribution in [1.29, 1.82) is 0 Å². The molecule has 0 bridgehead atoms. The molecule has 3 amide bonds. The highest BCUT2D eigenvalue weighted by Gasteiger charge is 2.50. The number of benzene rings is 4. The number of esters is 1. The van der Waals surface area contributed by atoms with E-state index in [0.717, 1.165) is 65.0 Å². The number of para-hydroxylation sites is 1. The second-order valence-electron chi connectivity index (χ2n) is 14.2. The highest BCUT2D eigenvalue weighted by atomic mass is 16.7. The molecule has 4 aromatic rings. The third-order valence-corrected chi connectivity index (χ3v) is 10.8. The quantitative estimate of drug-likeness (QED) is 0.144. The number of piperidine rings is 1. The van der Waals surface area contributed by atoms with Gasteiger partial charge in [0.15, 0.2) is 6.29 Å². The van der Waals surface area contributed by atoms with Crippen molar-refractivity contribution in [2.24, 2.45) is 0 Å². The minimum atomic E-state index is -0.611. The molecule has 55 heavy (non-hydrogen) atoms. The van der Waals surface area contributed by atoms with Crippen molar-refractivity contribution in [3.8, 4) is 11.1 Å². The van der Waals surface area contributed by atoms with E-state index < -0.39 is 23.8 Å². The van der Waals surface area contributed by atoms with Crippen LogP contribution in [0.2, 0.25) is 0 Å². The van der Waals surface area contributed by atoms with Crippen LogP contribution in [0.25, 0.3) is 11.1 Å². The Hall–Kier alpha value is -5.27. The first kappa shape index (κ1) is 38.0. The van der Waals surface area contributed by atoms with Gasteiger partial charge in [-0.15, -0.1) is 0 Å². The van der Waals surface area contributed by atoms with Gasteiger partial charge in [-0.05, 0) is 59.7 Å². The Labute approximate surface area is 321 Å². The van der Waals surface area contributed by atoms with E-state index in [4.69, 9.17) is 14.2 Å². The molecule has 3 heterocycles. The Balaban J connectivity index is 1.03. The number of carbonyl (C=O) groups excluding carboxylic acids is 3. The maximum atomic E-state index is 13.3. The van der Waals surface area contributed by atoms with E-state index in [0.29, 0.717) is 19.6 Å². The van der Waals surface area contributed by atoms with Crippen molar-refractivity contribution in [3.63, 3.8) is 0 Å². The van der Waals surface area contributed by atoms with Crippen LogP contribution in [0.4, 0.5) is 10.5 Å². The second-order valence-corrected chi connectivity index (χ2v) is 14.2. The SMILES string of the molecule is CCOC(=O)CNC(=O)NCc1ccccc1-c1ccc([C@@H]2O[C@H](CN3CCC4(CC3)C(=O)NCN4c3ccccc3)C[C@H](c3ccc(CO)cc3)O2)cc1. The van der Waals surface area contributed by atoms with Gasteiger partial charge in [0.2, 0.25) is 5.91 Å². The average molecular weight is 748 g/mol. The summed E-state index contributed by atoms with van der Waals surface area (Å²) in [5, 5.41) is 18.1. The number of carbonyl (C=O) groups is 3. The molecule has 7 rings (SSSR count). The topological polar surface area (TPSA) is 142 Å². The van der Waals surface area contributed by atoms with Crippen molar-refractivity contribution in [3.05, 3.63) is 125 Å². The number of hydrogen-bond acceptors (Lipinski definition) is 9. The maximum absolute atomic E-state index is 13.3. The molecule has 3 saturated heterocycles. The summed E-state index contributed by atoms with van der Waals surface area (Å²) in [7, 11) is 0. The number of rotatable bonds is 12. The number of amides is 3. The summed E-state index contributed by atoms with van der Waals surface area (Å²) < 4.78 is 18.2. The Morgan fingerprint density at radius 2 is 1.60 bits per heavy atom. The Morgan fingerprint density at radius 1 is 0.891 bits per heavy atom. The van der Waals surface area contributed by atoms with Crippen molar-refractivity contribution in [2.45, 2.75) is 63.4 Å². The van der Waals surface area contributed by atoms with Crippen LogP contribution in [0.1, 0.15) is 60.8 Å². The number of likely N-dealkylation sites (tertiary alicyclic amines) is 1. The van der Waals surface area contributed by atoms with Crippen LogP contribution in [0.3, 0.4) is 0 Å². The predicted molar refractivity (Wildman–Crippen MR) is 208 cm³/mol. The van der Waals surface area contributed by atoms with Gasteiger partial charge in [-0.1, -0.05) is 91.0 Å². The third-order valence-electron chi connectivity index (χ3n) is 10.8. The summed E-state index contributed by atoms with van der Waals surface area (Å²) in [6.07, 6.45) is 1.16. The van der Waals surface area contributed by atoms with Gasteiger partial charge in [0.05, 0.1) is 32.1 Å². The van der Waals surface area contributed by atoms with Crippen molar-refractivity contribution < 1.29 is 33.7 Å². The predicted octanol–water partition coefficient (Wildman–Crippen LogP) is 5.18. The summed E-state index contributed by atoms with van der Waals surface area (Å²) >= 11 is 0. The fraction of sp³-hybridized carbons (Fsp3) is 0.372. The zero-order valence-corrected chi connectivity index (χ0v) is 31.1. The lowest BCUT2D eigenvalue weighted by Gasteiger charge is -2.45. The number of nitrogens with one attached hydrogen (secondary N) is 3. The zero-order valence-electron chi connectivity index (χ0n) is 31.1. The largest absolute Gasteiger partial charge is 0.465 e. The molecule has 0 saturated carbocycles. The van der Waals surface area contributed by atoms with Gasteiger partial charge in [0.25, 0.3) is 0 Å². The van der Waals surface area contributed by atoms with E-state index in [1.54, 1.807) is 6.92 Å². The third kappa shape index (κ3) is 8.84. The molecule has 0 radical (unpaired) electrons. The van der Waals surface area contributed by atoms with Crippen LogP contribution in [-0.4, -0.2) is 79.0 Å². The second kappa shape index (κ2) is 17.5. The Kier molecular flexibility index (Phi) is 12.1. The molecule has 4 N–H and O–H groups in total. The van der Waals surface area contributed by atoms with E-state index >= 15 is 0 Å². The van der Waals surface area contributed by atoms with E-state index in [9.17, 15) is 19.5 Å². The highest BCUT2D eigenvalue weighted by Crippen LogP contribution is 2.40. The van der Waals surface area contributed by atoms with E-state index in [2.05, 4.69) is 37.9 Å². The van der Waals surface area contributed by atoms with E-state index in [-0.39, 0.29) is 44.4 Å². The Morgan fingerprint density at radius 3 is 2.33 bits per heavy atom. The number of aliphatic hydroxyl groups excluding tert-OH is 1. The molecule has 12 heteroatoms. The standard InChI is InChI=1S/C43H49N5O7/c1-2-53-39(50)26-45-42(52)44-25-34-8-6-7-11-37(34)31-16-18-33(19-17-31)40-54-36(24-38(55-40)32-14-12-30(28-49)13-15-32)27-47-22-20-43(21-23-47)41(51)46-29-48(43)35-9-4-3-5-10-35/h3-19,36,38,40,49H,2,20-29H2,1H3,(H,46,51)(H2,44,45,52)/t36-,38+,40+/m0/s1. The number of urea groups is 1. The lowest BCUT2D eigenvalue weighted by Crippen LogP contribution is -2.57. The number of hydrogen-bond donors (Lipinski definition) is 4. The number of aliphatic hydroxyl groups is 1. The van der Waals surface area contributed by atoms with Gasteiger partial charge in [0, 0.05) is 43.9 Å². The van der Waals surface area contributed by atoms with Crippen LogP contribution < -0.4 is 20.9 Å². The van der Waals surface area contributed by atoms with Crippen molar-refractivity contribution >= 4 is 23.6 Å². The fourth-order valence-corrected chi connectivity index (χ4v) is 7.84. The molecule has 3 fully saturated rings. The van der Waals surface area contributed by atoms with Crippen molar-refractivity contribution in [1.82, 2.24) is 20.9 Å². The summed E-state index contributed by atoms with van der Waals surface area (Å²) in [4.78, 5) is 41.9. The highest BCUT2D eigenvalue weighted by molar-refractivity contribution is 5.93. The minimum Gasteiger partial charge on any atom is -0.465 e. The number of nitrogens with zero attached hydrogens (tertiary/aromatic N) is 2. The van der Waals surface area contributed by atoms with Crippen LogP contribution >= 0.6 is 0 Å². The molecule has 12 nitrogen and oxygen atoms in total. The monoisotopic (exact) mass is 747 g/mol. The number of ether oxygens (including phenoxy) is 3. The molecular formula is C43H49N5O7. The molecule has 0 aliphatic carbocycles. The summed E-state index contributed by atoms with van der Waals surface area (Å²) in [6, 6.07) is 33.5. The molecule has 3 aliphatic rings. The molecule has 0 unspecified atom stereocenters. The molecule has 288 valence electrons. The lowest BCUT2D eigenvalue weighted by molar-refractivity contribution is -0.253. The Bertz CT molecular complexity index is 1920. The first-order valence-electron chi connectivity index (χ1n) is 19.0. The smallest absolute Gasteiger partial charge is 0.325 e. The van der Waals surface area contributed by atoms with Gasteiger partial charge in [-0.25, -0.2) is 4.79 Å². The van der Waals surface area contributed by atoms with Crippen LogP contribution in [0, 0.1) is 0 Å². The van der Waals surface area contributed by atoms with Crippen LogP contribution in [0.15, 0.2) is 103 Å². The molecular weight excluding hydrogens is 699 g/mol. The maximum Gasteiger partial charge on any atom is 0.325 e. The molecule has 4 aromatic carbocycles. The summed E-state index contributed by atoms with van der Waals surface area (Å²) in [6.45, 7) is 4.78. The molecule has 3 aliphatic heterocycles. The zero-order chi connectivity index (χ0) is 38.2. The van der Waals surface area contributed by atoms with Gasteiger partial charge in [-0.2, -0.15) is 0 Å². The van der Waals surface area contributed by atoms with Gasteiger partial charge >= 0.3 is 12.0 Å². The lowest BCUT2D eigenvalue weighted by atomic mass is 9.85. The van der Waals surface area contributed by atoms with Crippen LogP contribution in [0.5, 0.6) is 0 Å². The van der Waals surface area contributed by atoms with E-state index in [1.807, 2.05) is 91.0 Å². The van der Waals surface area contributed by atoms with Gasteiger partial charge in [-0.3, -0.25) is 9.59 Å². The van der Waals surface area contributed by atoms with E-state index in [1.165, 1.54) is 0 Å². The molecule has 3 atom stereocenters. The minimum absolute atomic E-state index is 0.0233. The van der Waals surface area contributed by atoms with Gasteiger partial charge < -0.3 is 45.1 Å².